The highest BCUT2D eigenvalue weighted by molar-refractivity contribution is 5.74. The summed E-state index contributed by atoms with van der Waals surface area (Å²) >= 11 is 0. The third-order valence-electron chi connectivity index (χ3n) is 4.23. The minimum absolute atomic E-state index is 0.0877. The Balaban J connectivity index is 2.20. The molecule has 0 unspecified atom stereocenters. The number of aromatic hydroxyl groups is 2. The average molecular weight is 411 g/mol. The Morgan fingerprint density at radius 3 is 2.41 bits per heavy atom. The molecule has 0 bridgehead atoms. The Kier molecular flexibility index (Phi) is 4.57. The summed E-state index contributed by atoms with van der Waals surface area (Å²) in [5.74, 6) is -2.19. The predicted octanol–water partition coefficient (Wildman–Crippen LogP) is 3.60. The van der Waals surface area contributed by atoms with E-state index in [1.165, 1.54) is 13.8 Å². The Morgan fingerprint density at radius 1 is 1.17 bits per heavy atom. The molecule has 0 aliphatic rings. The van der Waals surface area contributed by atoms with Crippen LogP contribution in [-0.2, 0) is 6.18 Å². The van der Waals surface area contributed by atoms with Gasteiger partial charge in [0.05, 0.1) is 10.5 Å². The highest BCUT2D eigenvalue weighted by Crippen LogP contribution is 2.42. The van der Waals surface area contributed by atoms with Crippen LogP contribution in [0.15, 0.2) is 28.8 Å². The van der Waals surface area contributed by atoms with Gasteiger partial charge in [0.25, 0.3) is 0 Å². The number of nitro benzene ring substituents is 1. The molecule has 3 rings (SSSR count). The molecule has 152 valence electrons. The zero-order chi connectivity index (χ0) is 21.7. The van der Waals surface area contributed by atoms with E-state index in [4.69, 9.17) is 4.52 Å². The Hall–Kier alpha value is -3.83. The van der Waals surface area contributed by atoms with Crippen LogP contribution in [0.25, 0.3) is 22.6 Å². The third-order valence-corrected chi connectivity index (χ3v) is 4.23. The highest BCUT2D eigenvalue weighted by atomic mass is 19.4. The highest BCUT2D eigenvalue weighted by Gasteiger charge is 2.39. The molecule has 3 aromatic rings. The fourth-order valence-corrected chi connectivity index (χ4v) is 2.86. The van der Waals surface area contributed by atoms with Crippen LogP contribution >= 0.6 is 0 Å². The number of benzene rings is 1. The van der Waals surface area contributed by atoms with Crippen molar-refractivity contribution < 1.29 is 37.6 Å². The SMILES string of the molecule is Cc1cc(C(F)(F)F)c(-c2cc(-c3cc(O)c(O)c([N+](=O)[O-])c3)no2)c(C)[n+]1[O-]. The van der Waals surface area contributed by atoms with E-state index in [9.17, 15) is 38.7 Å². The lowest BCUT2D eigenvalue weighted by Crippen LogP contribution is -2.35. The van der Waals surface area contributed by atoms with Crippen molar-refractivity contribution in [2.24, 2.45) is 0 Å². The summed E-state index contributed by atoms with van der Waals surface area (Å²) in [6.07, 6.45) is -4.79. The van der Waals surface area contributed by atoms with Crippen molar-refractivity contribution in [1.82, 2.24) is 5.16 Å². The third kappa shape index (κ3) is 3.39. The van der Waals surface area contributed by atoms with Crippen LogP contribution in [0, 0.1) is 29.2 Å². The topological polar surface area (TPSA) is 137 Å². The summed E-state index contributed by atoms with van der Waals surface area (Å²) in [4.78, 5) is 10.0. The van der Waals surface area contributed by atoms with E-state index >= 15 is 0 Å². The van der Waals surface area contributed by atoms with E-state index < -0.39 is 45.2 Å². The molecule has 2 aromatic heterocycles. The molecule has 0 aliphatic heterocycles. The molecule has 0 amide bonds. The summed E-state index contributed by atoms with van der Waals surface area (Å²) in [6, 6.07) is 3.53. The molecule has 0 saturated heterocycles. The van der Waals surface area contributed by atoms with Gasteiger partial charge in [-0.25, -0.2) is 0 Å². The molecule has 0 aliphatic carbocycles. The largest absolute Gasteiger partial charge is 0.618 e. The number of phenols is 2. The van der Waals surface area contributed by atoms with Gasteiger partial charge in [0, 0.05) is 37.6 Å². The van der Waals surface area contributed by atoms with Crippen LogP contribution in [0.4, 0.5) is 18.9 Å². The molecule has 0 saturated carbocycles. The minimum atomic E-state index is -4.79. The number of nitrogens with zero attached hydrogens (tertiary/aromatic N) is 3. The van der Waals surface area contributed by atoms with Gasteiger partial charge in [-0.3, -0.25) is 10.1 Å². The van der Waals surface area contributed by atoms with Crippen molar-refractivity contribution in [3.05, 3.63) is 56.5 Å². The first-order chi connectivity index (χ1) is 13.4. The van der Waals surface area contributed by atoms with Crippen LogP contribution in [0.2, 0.25) is 0 Å². The number of alkyl halides is 3. The molecular weight excluding hydrogens is 399 g/mol. The summed E-state index contributed by atoms with van der Waals surface area (Å²) in [7, 11) is 0. The maximum atomic E-state index is 13.5. The number of pyridine rings is 1. The van der Waals surface area contributed by atoms with Crippen LogP contribution < -0.4 is 4.73 Å². The van der Waals surface area contributed by atoms with Crippen molar-refractivity contribution >= 4 is 5.69 Å². The first-order valence-corrected chi connectivity index (χ1v) is 7.90. The van der Waals surface area contributed by atoms with Crippen molar-refractivity contribution in [2.75, 3.05) is 0 Å². The normalized spacial score (nSPS) is 11.6. The maximum absolute atomic E-state index is 13.5. The number of hydrogen-bond acceptors (Lipinski definition) is 7. The molecule has 0 radical (unpaired) electrons. The Labute approximate surface area is 160 Å². The number of aryl methyl sites for hydroxylation is 1. The molecular formula is C17H12F3N3O6. The van der Waals surface area contributed by atoms with Crippen LogP contribution in [0.5, 0.6) is 11.5 Å². The van der Waals surface area contributed by atoms with Gasteiger partial charge in [0.1, 0.15) is 11.3 Å². The van der Waals surface area contributed by atoms with Gasteiger partial charge in [0.15, 0.2) is 17.2 Å². The zero-order valence-electron chi connectivity index (χ0n) is 14.8. The smallest absolute Gasteiger partial charge is 0.417 e. The quantitative estimate of drug-likeness (QED) is 0.221. The van der Waals surface area contributed by atoms with Gasteiger partial charge < -0.3 is 19.9 Å². The second-order valence-corrected chi connectivity index (χ2v) is 6.15. The molecule has 29 heavy (non-hydrogen) atoms. The summed E-state index contributed by atoms with van der Waals surface area (Å²) in [6.45, 7) is 2.41. The number of hydrogen-bond donors (Lipinski definition) is 2. The monoisotopic (exact) mass is 411 g/mol. The number of nitro groups is 1. The second kappa shape index (κ2) is 6.65. The lowest BCUT2D eigenvalue weighted by Gasteiger charge is -2.14. The molecule has 0 fully saturated rings. The summed E-state index contributed by atoms with van der Waals surface area (Å²) < 4.78 is 45.7. The standard InChI is InChI=1S/C17H12F3N3O6/c1-7-3-10(17(18,19)20)15(8(2)22(7)26)14-6-11(21-29-14)9-4-12(23(27)28)16(25)13(24)5-9/h3-6,24-25H,1-2H3. The predicted molar refractivity (Wildman–Crippen MR) is 90.8 cm³/mol. The van der Waals surface area contributed by atoms with E-state index in [-0.39, 0.29) is 22.6 Å². The Bertz CT molecular complexity index is 1140. The number of halogens is 3. The number of phenolic OH excluding ortho intramolecular Hbond substituents is 2. The summed E-state index contributed by atoms with van der Waals surface area (Å²) in [5.41, 5.74) is -3.16. The number of rotatable bonds is 3. The van der Waals surface area contributed by atoms with Gasteiger partial charge >= 0.3 is 11.9 Å². The second-order valence-electron chi connectivity index (χ2n) is 6.15. The average Bonchev–Trinajstić information content (AvgIpc) is 3.10. The van der Waals surface area contributed by atoms with Gasteiger partial charge in [0.2, 0.25) is 11.4 Å². The first kappa shape index (κ1) is 19.9. The minimum Gasteiger partial charge on any atom is -0.618 e. The molecule has 0 spiro atoms. The first-order valence-electron chi connectivity index (χ1n) is 7.90. The molecule has 9 nitrogen and oxygen atoms in total. The van der Waals surface area contributed by atoms with E-state index in [1.807, 2.05) is 0 Å². The fraction of sp³-hybridized carbons (Fsp3) is 0.176. The van der Waals surface area contributed by atoms with E-state index in [2.05, 4.69) is 5.16 Å². The molecule has 1 aromatic carbocycles. The lowest BCUT2D eigenvalue weighted by molar-refractivity contribution is -0.618. The van der Waals surface area contributed by atoms with Gasteiger partial charge in [-0.2, -0.15) is 17.9 Å². The molecule has 12 heteroatoms. The molecule has 2 heterocycles. The van der Waals surface area contributed by atoms with Gasteiger partial charge in [-0.1, -0.05) is 5.16 Å². The van der Waals surface area contributed by atoms with Crippen LogP contribution in [0.3, 0.4) is 0 Å². The molecule has 2 N–H and O–H groups in total. The van der Waals surface area contributed by atoms with E-state index in [1.54, 1.807) is 0 Å². The molecule has 0 atom stereocenters. The van der Waals surface area contributed by atoms with E-state index in [0.29, 0.717) is 10.8 Å². The maximum Gasteiger partial charge on any atom is 0.417 e. The lowest BCUT2D eigenvalue weighted by atomic mass is 10.0. The van der Waals surface area contributed by atoms with Gasteiger partial charge in [-0.05, 0) is 6.07 Å². The van der Waals surface area contributed by atoms with Crippen molar-refractivity contribution in [1.29, 1.82) is 0 Å². The fourth-order valence-electron chi connectivity index (χ4n) is 2.86. The van der Waals surface area contributed by atoms with Crippen LogP contribution in [-0.4, -0.2) is 20.3 Å². The van der Waals surface area contributed by atoms with Gasteiger partial charge in [-0.15, -0.1) is 0 Å². The van der Waals surface area contributed by atoms with Crippen molar-refractivity contribution in [2.45, 2.75) is 20.0 Å². The number of aromatic nitrogens is 2. The zero-order valence-corrected chi connectivity index (χ0v) is 14.8. The van der Waals surface area contributed by atoms with Crippen molar-refractivity contribution in [3.63, 3.8) is 0 Å². The van der Waals surface area contributed by atoms with Crippen molar-refractivity contribution in [3.8, 4) is 34.1 Å². The van der Waals surface area contributed by atoms with Crippen LogP contribution in [0.1, 0.15) is 17.0 Å². The Morgan fingerprint density at radius 2 is 1.83 bits per heavy atom. The van der Waals surface area contributed by atoms with E-state index in [0.717, 1.165) is 18.2 Å². The summed E-state index contributed by atoms with van der Waals surface area (Å²) in [5, 5.41) is 45.8.